The van der Waals surface area contributed by atoms with E-state index in [0.717, 1.165) is 15.8 Å². The van der Waals surface area contributed by atoms with Gasteiger partial charge in [-0.1, -0.05) is 42.2 Å². The molecule has 0 radical (unpaired) electrons. The number of hydrogen-bond donors (Lipinski definition) is 0. The molecule has 1 amide bonds. The number of carbonyl (C=O) groups is 1. The fraction of sp³-hybridized carbons (Fsp3) is 0.200. The van der Waals surface area contributed by atoms with Gasteiger partial charge in [-0.05, 0) is 51.8 Å². The highest BCUT2D eigenvalue weighted by molar-refractivity contribution is 9.10. The molecule has 5 nitrogen and oxygen atoms in total. The molecular weight excluding hydrogens is 462 g/mol. The average molecular weight is 480 g/mol. The van der Waals surface area contributed by atoms with Crippen LogP contribution in [0.5, 0.6) is 17.2 Å². The van der Waals surface area contributed by atoms with Crippen molar-refractivity contribution in [2.45, 2.75) is 0 Å². The quantitative estimate of drug-likeness (QED) is 0.324. The molecule has 0 atom stereocenters. The van der Waals surface area contributed by atoms with E-state index in [9.17, 15) is 4.79 Å². The van der Waals surface area contributed by atoms with Gasteiger partial charge < -0.3 is 14.2 Å². The summed E-state index contributed by atoms with van der Waals surface area (Å²) in [5.74, 6) is 1.83. The Morgan fingerprint density at radius 1 is 1.18 bits per heavy atom. The van der Waals surface area contributed by atoms with E-state index in [-0.39, 0.29) is 5.91 Å². The Labute approximate surface area is 181 Å². The zero-order valence-electron chi connectivity index (χ0n) is 15.3. The van der Waals surface area contributed by atoms with Gasteiger partial charge in [-0.25, -0.2) is 0 Å². The van der Waals surface area contributed by atoms with Crippen molar-refractivity contribution in [1.82, 2.24) is 4.90 Å². The van der Waals surface area contributed by atoms with Gasteiger partial charge in [0.15, 0.2) is 11.5 Å². The van der Waals surface area contributed by atoms with Crippen LogP contribution in [0.15, 0.2) is 51.8 Å². The van der Waals surface area contributed by atoms with Crippen LogP contribution in [-0.2, 0) is 4.79 Å². The number of ether oxygens (including phenoxy) is 3. The number of methoxy groups -OCH3 is 1. The van der Waals surface area contributed by atoms with Crippen molar-refractivity contribution in [2.24, 2.45) is 0 Å². The van der Waals surface area contributed by atoms with Gasteiger partial charge in [0.25, 0.3) is 5.91 Å². The van der Waals surface area contributed by atoms with Gasteiger partial charge in [0.1, 0.15) is 23.3 Å². The summed E-state index contributed by atoms with van der Waals surface area (Å²) in [6.07, 6.45) is 1.79. The summed E-state index contributed by atoms with van der Waals surface area (Å²) >= 11 is 9.96. The summed E-state index contributed by atoms with van der Waals surface area (Å²) in [7, 11) is 3.24. The average Bonchev–Trinajstić information content (AvgIpc) is 2.93. The highest BCUT2D eigenvalue weighted by Gasteiger charge is 2.28. The second-order valence-electron chi connectivity index (χ2n) is 5.78. The molecule has 1 aliphatic rings. The highest BCUT2D eigenvalue weighted by atomic mass is 79.9. The number of amides is 1. The number of rotatable bonds is 7. The lowest BCUT2D eigenvalue weighted by molar-refractivity contribution is -0.121. The van der Waals surface area contributed by atoms with Crippen LogP contribution >= 0.6 is 39.9 Å². The second kappa shape index (κ2) is 9.45. The van der Waals surface area contributed by atoms with Crippen LogP contribution in [0, 0.1) is 0 Å². The van der Waals surface area contributed by atoms with Gasteiger partial charge in [0, 0.05) is 7.05 Å². The lowest BCUT2D eigenvalue weighted by Crippen LogP contribution is -2.22. The lowest BCUT2D eigenvalue weighted by Gasteiger charge is -2.14. The Morgan fingerprint density at radius 2 is 1.89 bits per heavy atom. The fourth-order valence-corrected chi connectivity index (χ4v) is 4.23. The van der Waals surface area contributed by atoms with E-state index in [4.69, 9.17) is 26.4 Å². The van der Waals surface area contributed by atoms with Crippen LogP contribution in [-0.4, -0.2) is 42.5 Å². The molecule has 146 valence electrons. The zero-order chi connectivity index (χ0) is 20.1. The maximum atomic E-state index is 12.2. The number of halogens is 1. The molecule has 0 saturated carbocycles. The van der Waals surface area contributed by atoms with Crippen LogP contribution in [0.4, 0.5) is 0 Å². The molecule has 2 aromatic carbocycles. The van der Waals surface area contributed by atoms with Crippen molar-refractivity contribution in [3.63, 3.8) is 0 Å². The monoisotopic (exact) mass is 479 g/mol. The van der Waals surface area contributed by atoms with E-state index in [2.05, 4.69) is 15.9 Å². The minimum absolute atomic E-state index is 0.108. The first kappa shape index (κ1) is 20.7. The molecule has 0 N–H and O–H groups in total. The topological polar surface area (TPSA) is 48.0 Å². The number of thioether (sulfide) groups is 1. The predicted octanol–water partition coefficient (Wildman–Crippen LogP) is 4.75. The maximum absolute atomic E-state index is 12.2. The van der Waals surface area contributed by atoms with Gasteiger partial charge in [-0.15, -0.1) is 0 Å². The van der Waals surface area contributed by atoms with E-state index in [1.807, 2.05) is 42.5 Å². The number of carbonyl (C=O) groups excluding carboxylic acids is 1. The Kier molecular flexibility index (Phi) is 6.98. The third-order valence-corrected chi connectivity index (χ3v) is 5.95. The predicted molar refractivity (Wildman–Crippen MR) is 119 cm³/mol. The molecule has 2 aromatic rings. The molecule has 1 saturated heterocycles. The van der Waals surface area contributed by atoms with Gasteiger partial charge in [-0.2, -0.15) is 0 Å². The Morgan fingerprint density at radius 3 is 2.54 bits per heavy atom. The molecule has 0 bridgehead atoms. The molecule has 28 heavy (non-hydrogen) atoms. The summed E-state index contributed by atoms with van der Waals surface area (Å²) in [4.78, 5) is 14.2. The molecule has 1 aliphatic heterocycles. The number of likely N-dealkylation sites (N-methyl/N-ethyl adjacent to an activating group) is 1. The number of para-hydroxylation sites is 1. The van der Waals surface area contributed by atoms with Crippen molar-refractivity contribution in [2.75, 3.05) is 27.4 Å². The van der Waals surface area contributed by atoms with Crippen molar-refractivity contribution in [3.8, 4) is 17.2 Å². The Bertz CT molecular complexity index is 918. The molecule has 0 unspecified atom stereocenters. The van der Waals surface area contributed by atoms with Crippen LogP contribution in [0.25, 0.3) is 6.08 Å². The van der Waals surface area contributed by atoms with E-state index in [0.29, 0.717) is 33.9 Å². The Hall–Kier alpha value is -2.03. The first-order valence-corrected chi connectivity index (χ1v) is 10.4. The van der Waals surface area contributed by atoms with Crippen LogP contribution in [0.2, 0.25) is 0 Å². The Balaban J connectivity index is 1.69. The summed E-state index contributed by atoms with van der Waals surface area (Å²) in [6, 6.07) is 13.3. The minimum Gasteiger partial charge on any atom is -0.493 e. The van der Waals surface area contributed by atoms with Crippen molar-refractivity contribution < 1.29 is 19.0 Å². The van der Waals surface area contributed by atoms with E-state index in [1.54, 1.807) is 20.2 Å². The number of benzene rings is 2. The van der Waals surface area contributed by atoms with E-state index < -0.39 is 0 Å². The van der Waals surface area contributed by atoms with E-state index in [1.165, 1.54) is 16.7 Å². The van der Waals surface area contributed by atoms with Gasteiger partial charge in [0.2, 0.25) is 0 Å². The lowest BCUT2D eigenvalue weighted by atomic mass is 10.2. The SMILES string of the molecule is COc1cc(/C=C2\SC(=S)N(C)C2=O)cc(Br)c1OCCOc1ccccc1. The number of thiocarbonyl (C=S) groups is 1. The fourth-order valence-electron chi connectivity index (χ4n) is 2.48. The van der Waals surface area contributed by atoms with Crippen molar-refractivity contribution in [3.05, 3.63) is 57.4 Å². The molecule has 0 spiro atoms. The van der Waals surface area contributed by atoms with Crippen molar-refractivity contribution in [1.29, 1.82) is 0 Å². The van der Waals surface area contributed by atoms with Gasteiger partial charge >= 0.3 is 0 Å². The molecule has 8 heteroatoms. The molecule has 3 rings (SSSR count). The largest absolute Gasteiger partial charge is 0.493 e. The summed E-state index contributed by atoms with van der Waals surface area (Å²) in [5, 5.41) is 0. The van der Waals surface area contributed by atoms with Gasteiger partial charge in [-0.3, -0.25) is 9.69 Å². The van der Waals surface area contributed by atoms with E-state index >= 15 is 0 Å². The zero-order valence-corrected chi connectivity index (χ0v) is 18.5. The second-order valence-corrected chi connectivity index (χ2v) is 8.31. The molecule has 0 aliphatic carbocycles. The first-order chi connectivity index (χ1) is 13.5. The smallest absolute Gasteiger partial charge is 0.265 e. The third-order valence-electron chi connectivity index (χ3n) is 3.88. The van der Waals surface area contributed by atoms with Crippen molar-refractivity contribution >= 4 is 56.2 Å². The number of nitrogens with zero attached hydrogens (tertiary/aromatic N) is 1. The summed E-state index contributed by atoms with van der Waals surface area (Å²) < 4.78 is 18.2. The first-order valence-electron chi connectivity index (χ1n) is 8.39. The van der Waals surface area contributed by atoms with Crippen LogP contribution < -0.4 is 14.2 Å². The molecular formula is C20H18BrNO4S2. The highest BCUT2D eigenvalue weighted by Crippen LogP contribution is 2.39. The minimum atomic E-state index is -0.108. The maximum Gasteiger partial charge on any atom is 0.265 e. The standard InChI is InChI=1S/C20H18BrNO4S2/c1-22-19(23)17(28-20(22)27)12-13-10-15(21)18(16(11-13)24-2)26-9-8-25-14-6-4-3-5-7-14/h3-7,10-12H,8-9H2,1-2H3/b17-12-. The number of hydrogen-bond acceptors (Lipinski definition) is 6. The molecule has 1 heterocycles. The molecule has 1 fully saturated rings. The summed E-state index contributed by atoms with van der Waals surface area (Å²) in [6.45, 7) is 0.762. The van der Waals surface area contributed by atoms with Crippen LogP contribution in [0.3, 0.4) is 0 Å². The van der Waals surface area contributed by atoms with Crippen LogP contribution in [0.1, 0.15) is 5.56 Å². The van der Waals surface area contributed by atoms with Gasteiger partial charge in [0.05, 0.1) is 16.5 Å². The summed E-state index contributed by atoms with van der Waals surface area (Å²) in [5.41, 5.74) is 0.811. The third kappa shape index (κ3) is 4.87. The normalized spacial score (nSPS) is 15.2. The molecule has 0 aromatic heterocycles.